The second-order valence-electron chi connectivity index (χ2n) is 4.38. The number of anilines is 1. The summed E-state index contributed by atoms with van der Waals surface area (Å²) in [6, 6.07) is 7.44. The van der Waals surface area contributed by atoms with E-state index in [2.05, 4.69) is 10.4 Å². The second kappa shape index (κ2) is 7.45. The first-order chi connectivity index (χ1) is 10.1. The average molecular weight is 328 g/mol. The number of nitrogens with zero attached hydrogens (tertiary/aromatic N) is 2. The Morgan fingerprint density at radius 1 is 1.38 bits per heavy atom. The van der Waals surface area contributed by atoms with E-state index in [-0.39, 0.29) is 10.6 Å². The second-order valence-corrected chi connectivity index (χ2v) is 5.19. The lowest BCUT2D eigenvalue weighted by Gasteiger charge is -2.10. The Morgan fingerprint density at radius 3 is 2.90 bits per heavy atom. The van der Waals surface area contributed by atoms with Crippen LogP contribution in [0.2, 0.25) is 10.0 Å². The topological polar surface area (TPSA) is 56.1 Å². The highest BCUT2D eigenvalue weighted by atomic mass is 35.5. The minimum atomic E-state index is -0.343. The first-order valence-corrected chi connectivity index (χ1v) is 7.10. The van der Waals surface area contributed by atoms with Gasteiger partial charge in [0.25, 0.3) is 5.56 Å². The first kappa shape index (κ1) is 15.8. The molecule has 5 nitrogen and oxygen atoms in total. The Morgan fingerprint density at radius 2 is 2.19 bits per heavy atom. The van der Waals surface area contributed by atoms with Gasteiger partial charge in [-0.1, -0.05) is 35.3 Å². The van der Waals surface area contributed by atoms with Crippen molar-refractivity contribution in [3.8, 4) is 0 Å². The lowest BCUT2D eigenvalue weighted by molar-refractivity contribution is 0.182. The Labute approximate surface area is 132 Å². The Hall–Kier alpha value is -1.56. The van der Waals surface area contributed by atoms with Crippen molar-refractivity contribution in [3.05, 3.63) is 56.4 Å². The molecule has 7 heteroatoms. The smallest absolute Gasteiger partial charge is 0.287 e. The van der Waals surface area contributed by atoms with Crippen LogP contribution in [0.4, 0.5) is 5.69 Å². The van der Waals surface area contributed by atoms with E-state index < -0.39 is 0 Å². The molecule has 0 aliphatic heterocycles. The number of benzene rings is 1. The summed E-state index contributed by atoms with van der Waals surface area (Å²) >= 11 is 12.0. The summed E-state index contributed by atoms with van der Waals surface area (Å²) in [4.78, 5) is 12.0. The van der Waals surface area contributed by atoms with E-state index in [0.29, 0.717) is 30.4 Å². The number of ether oxygens (including phenoxy) is 1. The Bertz CT molecular complexity index is 674. The van der Waals surface area contributed by atoms with E-state index in [4.69, 9.17) is 27.9 Å². The SMILES string of the molecule is COCCn1ncc(NCc2cccc(Cl)c2)c(Cl)c1=O. The molecule has 0 aliphatic carbocycles. The lowest BCUT2D eigenvalue weighted by atomic mass is 10.2. The van der Waals surface area contributed by atoms with Crippen LogP contribution in [0.25, 0.3) is 0 Å². The van der Waals surface area contributed by atoms with Crippen molar-refractivity contribution in [2.75, 3.05) is 19.0 Å². The normalized spacial score (nSPS) is 10.6. The monoisotopic (exact) mass is 327 g/mol. The van der Waals surface area contributed by atoms with Gasteiger partial charge in [-0.15, -0.1) is 0 Å². The molecule has 0 saturated carbocycles. The molecule has 0 bridgehead atoms. The van der Waals surface area contributed by atoms with Crippen LogP contribution in [0.3, 0.4) is 0 Å². The maximum absolute atomic E-state index is 12.0. The quantitative estimate of drug-likeness (QED) is 0.886. The summed E-state index contributed by atoms with van der Waals surface area (Å²) in [7, 11) is 1.56. The molecule has 1 aromatic heterocycles. The third kappa shape index (κ3) is 4.20. The van der Waals surface area contributed by atoms with Gasteiger partial charge in [0.15, 0.2) is 0 Å². The molecule has 1 heterocycles. The summed E-state index contributed by atoms with van der Waals surface area (Å²) in [6.07, 6.45) is 1.53. The van der Waals surface area contributed by atoms with Crippen LogP contribution < -0.4 is 10.9 Å². The Kier molecular flexibility index (Phi) is 5.61. The third-order valence-corrected chi connectivity index (χ3v) is 3.46. The van der Waals surface area contributed by atoms with Crippen LogP contribution in [0.15, 0.2) is 35.3 Å². The van der Waals surface area contributed by atoms with Crippen molar-refractivity contribution in [3.63, 3.8) is 0 Å². The van der Waals surface area contributed by atoms with Gasteiger partial charge in [-0.25, -0.2) is 4.68 Å². The summed E-state index contributed by atoms with van der Waals surface area (Å²) in [5, 5.41) is 7.92. The molecule has 2 aromatic rings. The molecule has 1 N–H and O–H groups in total. The molecule has 0 saturated heterocycles. The zero-order valence-electron chi connectivity index (χ0n) is 11.5. The summed E-state index contributed by atoms with van der Waals surface area (Å²) < 4.78 is 6.19. The van der Waals surface area contributed by atoms with Gasteiger partial charge in [0.05, 0.1) is 25.0 Å². The molecule has 0 amide bonds. The number of nitrogens with one attached hydrogen (secondary N) is 1. The summed E-state index contributed by atoms with van der Waals surface area (Å²) in [5.74, 6) is 0. The highest BCUT2D eigenvalue weighted by molar-refractivity contribution is 6.33. The van der Waals surface area contributed by atoms with Crippen molar-refractivity contribution in [2.24, 2.45) is 0 Å². The highest BCUT2D eigenvalue weighted by Gasteiger charge is 2.09. The molecule has 1 aromatic carbocycles. The molecule has 0 aliphatic rings. The Balaban J connectivity index is 2.10. The first-order valence-electron chi connectivity index (χ1n) is 6.34. The molecular weight excluding hydrogens is 313 g/mol. The zero-order chi connectivity index (χ0) is 15.2. The van der Waals surface area contributed by atoms with Gasteiger partial charge >= 0.3 is 0 Å². The fraction of sp³-hybridized carbons (Fsp3) is 0.286. The lowest BCUT2D eigenvalue weighted by Crippen LogP contribution is -2.26. The largest absolute Gasteiger partial charge is 0.383 e. The maximum Gasteiger partial charge on any atom is 0.287 e. The summed E-state index contributed by atoms with van der Waals surface area (Å²) in [5.41, 5.74) is 1.14. The van der Waals surface area contributed by atoms with Gasteiger partial charge in [0.1, 0.15) is 5.02 Å². The van der Waals surface area contributed by atoms with Crippen LogP contribution in [-0.2, 0) is 17.8 Å². The van der Waals surface area contributed by atoms with Gasteiger partial charge in [-0.05, 0) is 17.7 Å². The maximum atomic E-state index is 12.0. The molecule has 21 heavy (non-hydrogen) atoms. The predicted octanol–water partition coefficient (Wildman–Crippen LogP) is 2.81. The van der Waals surface area contributed by atoms with Gasteiger partial charge in [-0.3, -0.25) is 4.79 Å². The fourth-order valence-corrected chi connectivity index (χ4v) is 2.20. The number of methoxy groups -OCH3 is 1. The minimum Gasteiger partial charge on any atom is -0.383 e. The molecule has 0 spiro atoms. The van der Waals surface area contributed by atoms with Gasteiger partial charge in [0, 0.05) is 18.7 Å². The van der Waals surface area contributed by atoms with Crippen LogP contribution in [0.1, 0.15) is 5.56 Å². The van der Waals surface area contributed by atoms with E-state index in [1.165, 1.54) is 10.9 Å². The number of aromatic nitrogens is 2. The van der Waals surface area contributed by atoms with E-state index >= 15 is 0 Å². The predicted molar refractivity (Wildman–Crippen MR) is 84.2 cm³/mol. The van der Waals surface area contributed by atoms with E-state index in [9.17, 15) is 4.79 Å². The average Bonchev–Trinajstić information content (AvgIpc) is 2.48. The van der Waals surface area contributed by atoms with Gasteiger partial charge in [-0.2, -0.15) is 5.10 Å². The molecule has 112 valence electrons. The van der Waals surface area contributed by atoms with Crippen molar-refractivity contribution in [2.45, 2.75) is 13.1 Å². The van der Waals surface area contributed by atoms with Crippen LogP contribution in [0.5, 0.6) is 0 Å². The fourth-order valence-electron chi connectivity index (χ4n) is 1.77. The van der Waals surface area contributed by atoms with E-state index in [1.807, 2.05) is 18.2 Å². The van der Waals surface area contributed by atoms with E-state index in [1.54, 1.807) is 13.2 Å². The number of halogens is 2. The number of rotatable bonds is 6. The molecule has 2 rings (SSSR count). The van der Waals surface area contributed by atoms with Gasteiger partial charge in [0.2, 0.25) is 0 Å². The summed E-state index contributed by atoms with van der Waals surface area (Å²) in [6.45, 7) is 1.27. The van der Waals surface area contributed by atoms with Crippen LogP contribution >= 0.6 is 23.2 Å². The van der Waals surface area contributed by atoms with Crippen LogP contribution in [0, 0.1) is 0 Å². The van der Waals surface area contributed by atoms with Crippen molar-refractivity contribution < 1.29 is 4.74 Å². The zero-order valence-corrected chi connectivity index (χ0v) is 13.0. The van der Waals surface area contributed by atoms with Crippen LogP contribution in [-0.4, -0.2) is 23.5 Å². The van der Waals surface area contributed by atoms with Crippen molar-refractivity contribution in [1.29, 1.82) is 0 Å². The van der Waals surface area contributed by atoms with Gasteiger partial charge < -0.3 is 10.1 Å². The third-order valence-electron chi connectivity index (χ3n) is 2.86. The number of hydrogen-bond acceptors (Lipinski definition) is 4. The van der Waals surface area contributed by atoms with Crippen molar-refractivity contribution >= 4 is 28.9 Å². The van der Waals surface area contributed by atoms with E-state index in [0.717, 1.165) is 5.56 Å². The number of hydrogen-bond donors (Lipinski definition) is 1. The van der Waals surface area contributed by atoms with Crippen molar-refractivity contribution in [1.82, 2.24) is 9.78 Å². The molecule has 0 atom stereocenters. The molecule has 0 fully saturated rings. The molecular formula is C14H15Cl2N3O2. The molecule has 0 radical (unpaired) electrons. The minimum absolute atomic E-state index is 0.114. The highest BCUT2D eigenvalue weighted by Crippen LogP contribution is 2.17. The standard InChI is InChI=1S/C14H15Cl2N3O2/c1-21-6-5-19-14(20)13(16)12(9-18-19)17-8-10-3-2-4-11(15)7-10/h2-4,7,9,17H,5-6,8H2,1H3. The molecule has 0 unspecified atom stereocenters.